The highest BCUT2D eigenvalue weighted by atomic mass is 32.2. The Morgan fingerprint density at radius 3 is 2.58 bits per heavy atom. The minimum atomic E-state index is -3.73. The molecule has 26 heavy (non-hydrogen) atoms. The molecular formula is C17H22FN3O4S. The lowest BCUT2D eigenvalue weighted by atomic mass is 10.0. The number of ether oxygens (including phenoxy) is 1. The van der Waals surface area contributed by atoms with E-state index in [2.05, 4.69) is 9.12 Å². The summed E-state index contributed by atoms with van der Waals surface area (Å²) in [6.07, 6.45) is 0.0101. The molecule has 0 aliphatic carbocycles. The average Bonchev–Trinajstić information content (AvgIpc) is 2.55. The second kappa shape index (κ2) is 7.86. The van der Waals surface area contributed by atoms with Crippen LogP contribution in [0.3, 0.4) is 0 Å². The first-order chi connectivity index (χ1) is 12.2. The zero-order valence-corrected chi connectivity index (χ0v) is 16.0. The third-order valence-electron chi connectivity index (χ3n) is 4.08. The zero-order valence-electron chi connectivity index (χ0n) is 15.2. The molecule has 1 aliphatic heterocycles. The van der Waals surface area contributed by atoms with Crippen molar-refractivity contribution in [3.05, 3.63) is 40.8 Å². The van der Waals surface area contributed by atoms with Gasteiger partial charge >= 0.3 is 10.2 Å². The van der Waals surface area contributed by atoms with E-state index >= 15 is 0 Å². The summed E-state index contributed by atoms with van der Waals surface area (Å²) < 4.78 is 47.7. The topological polar surface area (TPSA) is 88.1 Å². The molecule has 0 aromatic heterocycles. The molecule has 1 aromatic carbocycles. The van der Waals surface area contributed by atoms with E-state index in [-0.39, 0.29) is 24.6 Å². The van der Waals surface area contributed by atoms with Gasteiger partial charge in [0.1, 0.15) is 0 Å². The predicted octanol–water partition coefficient (Wildman–Crippen LogP) is 2.16. The van der Waals surface area contributed by atoms with Crippen molar-refractivity contribution in [2.24, 2.45) is 4.40 Å². The van der Waals surface area contributed by atoms with Gasteiger partial charge in [-0.15, -0.1) is 4.40 Å². The smallest absolute Gasteiger partial charge is 0.342 e. The molecular weight excluding hydrogens is 361 g/mol. The molecule has 1 amide bonds. The molecule has 9 heteroatoms. The Morgan fingerprint density at radius 1 is 1.35 bits per heavy atom. The van der Waals surface area contributed by atoms with Crippen molar-refractivity contribution in [2.45, 2.75) is 33.7 Å². The van der Waals surface area contributed by atoms with Gasteiger partial charge in [0.25, 0.3) is 0 Å². The molecule has 0 fully saturated rings. The molecule has 7 nitrogen and oxygen atoms in total. The van der Waals surface area contributed by atoms with Crippen molar-refractivity contribution in [1.82, 2.24) is 9.62 Å². The van der Waals surface area contributed by atoms with E-state index in [1.165, 1.54) is 19.2 Å². The number of benzene rings is 1. The van der Waals surface area contributed by atoms with E-state index in [4.69, 9.17) is 4.74 Å². The molecule has 0 saturated carbocycles. The van der Waals surface area contributed by atoms with Crippen LogP contribution in [0.5, 0.6) is 5.75 Å². The van der Waals surface area contributed by atoms with Crippen molar-refractivity contribution in [3.63, 3.8) is 0 Å². The summed E-state index contributed by atoms with van der Waals surface area (Å²) in [5.41, 5.74) is 1.86. The van der Waals surface area contributed by atoms with Crippen LogP contribution in [0.4, 0.5) is 4.39 Å². The van der Waals surface area contributed by atoms with E-state index in [9.17, 15) is 17.6 Å². The van der Waals surface area contributed by atoms with Crippen molar-refractivity contribution in [2.75, 3.05) is 13.7 Å². The fourth-order valence-corrected chi connectivity index (χ4v) is 3.74. The molecule has 1 heterocycles. The number of carbonyl (C=O) groups excluding carboxylic acids is 1. The summed E-state index contributed by atoms with van der Waals surface area (Å²) in [6, 6.07) is 4.55. The molecule has 1 aliphatic rings. The molecule has 142 valence electrons. The largest absolute Gasteiger partial charge is 0.494 e. The van der Waals surface area contributed by atoms with Crippen molar-refractivity contribution >= 4 is 21.8 Å². The highest BCUT2D eigenvalue weighted by Gasteiger charge is 2.24. The maximum atomic E-state index is 13.8. The van der Waals surface area contributed by atoms with E-state index < -0.39 is 16.0 Å². The first-order valence-electron chi connectivity index (χ1n) is 8.06. The average molecular weight is 383 g/mol. The van der Waals surface area contributed by atoms with Gasteiger partial charge in [-0.05, 0) is 38.5 Å². The number of carbonyl (C=O) groups is 1. The van der Waals surface area contributed by atoms with E-state index in [1.54, 1.807) is 24.8 Å². The lowest BCUT2D eigenvalue weighted by Crippen LogP contribution is -2.34. The summed E-state index contributed by atoms with van der Waals surface area (Å²) >= 11 is 0. The lowest BCUT2D eigenvalue weighted by molar-refractivity contribution is -0.130. The van der Waals surface area contributed by atoms with Gasteiger partial charge in [-0.25, -0.2) is 4.39 Å². The summed E-state index contributed by atoms with van der Waals surface area (Å²) in [7, 11) is -2.35. The highest BCUT2D eigenvalue weighted by Crippen LogP contribution is 2.21. The van der Waals surface area contributed by atoms with Gasteiger partial charge < -0.3 is 9.64 Å². The van der Waals surface area contributed by atoms with Crippen LogP contribution in [0, 0.1) is 5.82 Å². The van der Waals surface area contributed by atoms with Gasteiger partial charge in [-0.2, -0.15) is 8.42 Å². The van der Waals surface area contributed by atoms with Crippen LogP contribution in [0.2, 0.25) is 0 Å². The SMILES string of the molecule is CCN(Cc1ccc(OC)c(F)c1)C(=O)CC1=C(C)NS(=O)(=O)N=C1C. The fraction of sp³-hybridized carbons (Fsp3) is 0.412. The third kappa shape index (κ3) is 4.60. The van der Waals surface area contributed by atoms with Crippen molar-refractivity contribution in [1.29, 1.82) is 0 Å². The molecule has 1 aromatic rings. The minimum Gasteiger partial charge on any atom is -0.494 e. The van der Waals surface area contributed by atoms with Gasteiger partial charge in [-0.1, -0.05) is 6.07 Å². The Labute approximate surface area is 152 Å². The maximum Gasteiger partial charge on any atom is 0.342 e. The molecule has 0 bridgehead atoms. The molecule has 0 unspecified atom stereocenters. The quantitative estimate of drug-likeness (QED) is 0.815. The normalized spacial score (nSPS) is 16.0. The molecule has 0 spiro atoms. The number of halogens is 1. The van der Waals surface area contributed by atoms with Crippen LogP contribution in [-0.4, -0.2) is 38.6 Å². The number of nitrogens with one attached hydrogen (secondary N) is 1. The first kappa shape index (κ1) is 19.9. The van der Waals surface area contributed by atoms with Crippen molar-refractivity contribution in [3.8, 4) is 5.75 Å². The number of rotatable bonds is 6. The number of amides is 1. The Hall–Kier alpha value is -2.42. The third-order valence-corrected chi connectivity index (χ3v) is 5.16. The van der Waals surface area contributed by atoms with Gasteiger partial charge in [0.15, 0.2) is 11.6 Å². The Morgan fingerprint density at radius 2 is 2.04 bits per heavy atom. The molecule has 2 rings (SSSR count). The Bertz CT molecular complexity index is 878. The Balaban J connectivity index is 2.14. The highest BCUT2D eigenvalue weighted by molar-refractivity contribution is 7.88. The van der Waals surface area contributed by atoms with Gasteiger partial charge in [0.05, 0.1) is 19.2 Å². The maximum absolute atomic E-state index is 13.8. The zero-order chi connectivity index (χ0) is 19.5. The minimum absolute atomic E-state index is 0.0101. The lowest BCUT2D eigenvalue weighted by Gasteiger charge is -2.24. The predicted molar refractivity (Wildman–Crippen MR) is 96.5 cm³/mol. The van der Waals surface area contributed by atoms with E-state index in [0.29, 0.717) is 29.1 Å². The number of allylic oxidation sites excluding steroid dienone is 1. The molecule has 0 saturated heterocycles. The van der Waals surface area contributed by atoms with Crippen LogP contribution in [0.15, 0.2) is 33.9 Å². The molecule has 1 N–H and O–H groups in total. The number of nitrogens with zero attached hydrogens (tertiary/aromatic N) is 2. The van der Waals surface area contributed by atoms with Crippen LogP contribution in [0.25, 0.3) is 0 Å². The van der Waals surface area contributed by atoms with Crippen molar-refractivity contribution < 1.29 is 22.3 Å². The van der Waals surface area contributed by atoms with E-state index in [0.717, 1.165) is 0 Å². The second-order valence-corrected chi connectivity index (χ2v) is 7.25. The summed E-state index contributed by atoms with van der Waals surface area (Å²) in [6.45, 7) is 5.64. The fourth-order valence-electron chi connectivity index (χ4n) is 2.71. The van der Waals surface area contributed by atoms with Gasteiger partial charge in [-0.3, -0.25) is 9.52 Å². The number of methoxy groups -OCH3 is 1. The van der Waals surface area contributed by atoms with Crippen LogP contribution >= 0.6 is 0 Å². The first-order valence-corrected chi connectivity index (χ1v) is 9.50. The van der Waals surface area contributed by atoms with Gasteiger partial charge in [0.2, 0.25) is 5.91 Å². The van der Waals surface area contributed by atoms with Crippen LogP contribution in [-0.2, 0) is 21.5 Å². The standard InChI is InChI=1S/C17H22FN3O4S/c1-5-21(10-13-6-7-16(25-4)15(18)8-13)17(22)9-14-11(2)19-26(23,24)20-12(14)3/h6-8,19H,5,9-10H2,1-4H3. The van der Waals surface area contributed by atoms with E-state index in [1.807, 2.05) is 6.92 Å². The molecule has 0 atom stereocenters. The van der Waals surface area contributed by atoms with Crippen LogP contribution < -0.4 is 9.46 Å². The van der Waals surface area contributed by atoms with Gasteiger partial charge in [0, 0.05) is 24.4 Å². The summed E-state index contributed by atoms with van der Waals surface area (Å²) in [5, 5.41) is 0. The monoisotopic (exact) mass is 383 g/mol. The summed E-state index contributed by atoms with van der Waals surface area (Å²) in [4.78, 5) is 14.2. The summed E-state index contributed by atoms with van der Waals surface area (Å²) in [5.74, 6) is -0.546. The number of hydrogen-bond acceptors (Lipinski definition) is 4. The second-order valence-electron chi connectivity index (χ2n) is 5.91. The molecule has 0 radical (unpaired) electrons. The number of hydrogen-bond donors (Lipinski definition) is 1. The van der Waals surface area contributed by atoms with Crippen LogP contribution in [0.1, 0.15) is 32.8 Å². The Kier molecular flexibility index (Phi) is 6.01.